The zero-order chi connectivity index (χ0) is 13.7. The summed E-state index contributed by atoms with van der Waals surface area (Å²) in [6.45, 7) is 4.77. The third-order valence-corrected chi connectivity index (χ3v) is 4.79. The first-order valence-electron chi connectivity index (χ1n) is 6.69. The van der Waals surface area contributed by atoms with Crippen LogP contribution in [0.3, 0.4) is 0 Å². The van der Waals surface area contributed by atoms with Crippen molar-refractivity contribution in [3.8, 4) is 0 Å². The topological polar surface area (TPSA) is 93.0 Å². The van der Waals surface area contributed by atoms with Gasteiger partial charge in [0.15, 0.2) is 0 Å². The van der Waals surface area contributed by atoms with E-state index in [1.807, 2.05) is 13.8 Å². The van der Waals surface area contributed by atoms with Gasteiger partial charge in [-0.2, -0.15) is 0 Å². The summed E-state index contributed by atoms with van der Waals surface area (Å²) in [5, 5.41) is 2.77. The molecule has 0 spiro atoms. The Morgan fingerprint density at radius 1 is 1.63 bits per heavy atom. The van der Waals surface area contributed by atoms with Crippen LogP contribution in [0.4, 0.5) is 5.95 Å². The average Bonchev–Trinajstić information content (AvgIpc) is 2.90. The Bertz CT molecular complexity index is 485. The molecule has 19 heavy (non-hydrogen) atoms. The summed E-state index contributed by atoms with van der Waals surface area (Å²) in [4.78, 5) is 19.4. The first-order valence-corrected chi connectivity index (χ1v) is 6.69. The number of hydrogen-bond donors (Lipinski definition) is 3. The quantitative estimate of drug-likeness (QED) is 0.739. The SMILES string of the molecule is CC1(C)C2OCCCC2C1(N)C(=O)Nc1ncc[nH]1. The van der Waals surface area contributed by atoms with Crippen LogP contribution < -0.4 is 11.1 Å². The van der Waals surface area contributed by atoms with E-state index in [1.54, 1.807) is 12.4 Å². The molecule has 1 aliphatic carbocycles. The number of aromatic amines is 1. The zero-order valence-corrected chi connectivity index (χ0v) is 11.3. The number of aromatic nitrogens is 2. The number of hydrogen-bond acceptors (Lipinski definition) is 4. The largest absolute Gasteiger partial charge is 0.377 e. The predicted molar refractivity (Wildman–Crippen MR) is 70.4 cm³/mol. The van der Waals surface area contributed by atoms with Gasteiger partial charge in [-0.1, -0.05) is 13.8 Å². The van der Waals surface area contributed by atoms with Crippen molar-refractivity contribution in [3.63, 3.8) is 0 Å². The molecule has 104 valence electrons. The monoisotopic (exact) mass is 264 g/mol. The molecular formula is C13H20N4O2. The highest BCUT2D eigenvalue weighted by atomic mass is 16.5. The number of nitrogens with two attached hydrogens (primary N) is 1. The molecule has 1 saturated heterocycles. The van der Waals surface area contributed by atoms with Crippen molar-refractivity contribution >= 4 is 11.9 Å². The number of anilines is 1. The molecule has 3 atom stereocenters. The summed E-state index contributed by atoms with van der Waals surface area (Å²) < 4.78 is 5.79. The minimum atomic E-state index is -0.898. The predicted octanol–water partition coefficient (Wildman–Crippen LogP) is 0.881. The van der Waals surface area contributed by atoms with Crippen LogP contribution in [0, 0.1) is 11.3 Å². The molecule has 4 N–H and O–H groups in total. The molecular weight excluding hydrogens is 244 g/mol. The molecule has 1 amide bonds. The van der Waals surface area contributed by atoms with Crippen LogP contribution in [0.15, 0.2) is 12.4 Å². The third-order valence-electron chi connectivity index (χ3n) is 4.79. The van der Waals surface area contributed by atoms with E-state index in [0.717, 1.165) is 19.4 Å². The maximum absolute atomic E-state index is 12.5. The summed E-state index contributed by atoms with van der Waals surface area (Å²) in [6.07, 6.45) is 5.24. The highest BCUT2D eigenvalue weighted by Crippen LogP contribution is 2.57. The molecule has 3 rings (SSSR count). The molecule has 0 bridgehead atoms. The zero-order valence-electron chi connectivity index (χ0n) is 11.3. The third kappa shape index (κ3) is 1.56. The van der Waals surface area contributed by atoms with Gasteiger partial charge in [0.25, 0.3) is 0 Å². The van der Waals surface area contributed by atoms with Gasteiger partial charge < -0.3 is 15.5 Å². The Balaban J connectivity index is 1.83. The number of carbonyl (C=O) groups excluding carboxylic acids is 1. The van der Waals surface area contributed by atoms with Crippen molar-refractivity contribution in [1.29, 1.82) is 0 Å². The maximum Gasteiger partial charge on any atom is 0.247 e. The van der Waals surface area contributed by atoms with E-state index >= 15 is 0 Å². The first kappa shape index (κ1) is 12.6. The molecule has 3 unspecified atom stereocenters. The van der Waals surface area contributed by atoms with E-state index in [-0.39, 0.29) is 23.3 Å². The minimum absolute atomic E-state index is 0.0774. The van der Waals surface area contributed by atoms with Crippen LogP contribution >= 0.6 is 0 Å². The summed E-state index contributed by atoms with van der Waals surface area (Å²) >= 11 is 0. The molecule has 1 aliphatic heterocycles. The summed E-state index contributed by atoms with van der Waals surface area (Å²) in [7, 11) is 0. The van der Waals surface area contributed by atoms with Crippen LogP contribution in [-0.2, 0) is 9.53 Å². The Morgan fingerprint density at radius 3 is 3.11 bits per heavy atom. The highest BCUT2D eigenvalue weighted by Gasteiger charge is 2.70. The summed E-state index contributed by atoms with van der Waals surface area (Å²) in [6, 6.07) is 0. The van der Waals surface area contributed by atoms with Crippen molar-refractivity contribution in [1.82, 2.24) is 9.97 Å². The number of nitrogens with zero attached hydrogens (tertiary/aromatic N) is 1. The second-order valence-electron chi connectivity index (χ2n) is 6.02. The number of ether oxygens (including phenoxy) is 1. The molecule has 6 nitrogen and oxygen atoms in total. The van der Waals surface area contributed by atoms with Crippen molar-refractivity contribution in [2.45, 2.75) is 38.3 Å². The van der Waals surface area contributed by atoms with Gasteiger partial charge in [0.05, 0.1) is 6.10 Å². The molecule has 1 aromatic rings. The molecule has 0 aromatic carbocycles. The van der Waals surface area contributed by atoms with Gasteiger partial charge in [0, 0.05) is 30.3 Å². The number of nitrogens with one attached hydrogen (secondary N) is 2. The standard InChI is InChI=1S/C13H20N4O2/c1-12(2)9-8(4-3-7-19-9)13(12,14)10(18)17-11-15-5-6-16-11/h5-6,8-9H,3-4,7,14H2,1-2H3,(H2,15,16,17,18). The highest BCUT2D eigenvalue weighted by molar-refractivity contribution is 5.99. The van der Waals surface area contributed by atoms with Crippen LogP contribution in [0.1, 0.15) is 26.7 Å². The van der Waals surface area contributed by atoms with Crippen LogP contribution in [0.25, 0.3) is 0 Å². The van der Waals surface area contributed by atoms with E-state index in [4.69, 9.17) is 10.5 Å². The lowest BCUT2D eigenvalue weighted by atomic mass is 9.46. The van der Waals surface area contributed by atoms with Crippen LogP contribution in [0.2, 0.25) is 0 Å². The normalized spacial score (nSPS) is 36.2. The van der Waals surface area contributed by atoms with E-state index in [2.05, 4.69) is 15.3 Å². The van der Waals surface area contributed by atoms with Crippen molar-refractivity contribution in [2.24, 2.45) is 17.1 Å². The maximum atomic E-state index is 12.5. The number of rotatable bonds is 2. The fourth-order valence-corrected chi connectivity index (χ4v) is 3.58. The van der Waals surface area contributed by atoms with Gasteiger partial charge in [-0.3, -0.25) is 10.1 Å². The number of amides is 1. The van der Waals surface area contributed by atoms with E-state index in [0.29, 0.717) is 5.95 Å². The number of carbonyl (C=O) groups is 1. The van der Waals surface area contributed by atoms with Crippen molar-refractivity contribution in [3.05, 3.63) is 12.4 Å². The Kier molecular flexibility index (Phi) is 2.69. The van der Waals surface area contributed by atoms with Gasteiger partial charge in [-0.25, -0.2) is 4.98 Å². The molecule has 1 aromatic heterocycles. The minimum Gasteiger partial charge on any atom is -0.377 e. The van der Waals surface area contributed by atoms with Gasteiger partial charge in [0.2, 0.25) is 11.9 Å². The van der Waals surface area contributed by atoms with Crippen LogP contribution in [0.5, 0.6) is 0 Å². The lowest BCUT2D eigenvalue weighted by Crippen LogP contribution is -2.81. The number of imidazole rings is 1. The Hall–Kier alpha value is -1.40. The van der Waals surface area contributed by atoms with Gasteiger partial charge in [-0.15, -0.1) is 0 Å². The van der Waals surface area contributed by atoms with Crippen molar-refractivity contribution in [2.75, 3.05) is 11.9 Å². The Morgan fingerprint density at radius 2 is 2.42 bits per heavy atom. The summed E-state index contributed by atoms with van der Waals surface area (Å²) in [5.41, 5.74) is 5.20. The fourth-order valence-electron chi connectivity index (χ4n) is 3.58. The molecule has 1 saturated carbocycles. The molecule has 2 fully saturated rings. The second kappa shape index (κ2) is 4.05. The Labute approximate surface area is 112 Å². The van der Waals surface area contributed by atoms with Crippen molar-refractivity contribution < 1.29 is 9.53 Å². The van der Waals surface area contributed by atoms with Gasteiger partial charge in [-0.05, 0) is 12.8 Å². The van der Waals surface area contributed by atoms with Gasteiger partial charge >= 0.3 is 0 Å². The van der Waals surface area contributed by atoms with E-state index in [9.17, 15) is 4.79 Å². The average molecular weight is 264 g/mol. The smallest absolute Gasteiger partial charge is 0.247 e. The lowest BCUT2D eigenvalue weighted by Gasteiger charge is -2.64. The molecule has 2 heterocycles. The fraction of sp³-hybridized carbons (Fsp3) is 0.692. The first-order chi connectivity index (χ1) is 8.98. The number of fused-ring (bicyclic) bond motifs is 1. The number of H-pyrrole nitrogens is 1. The molecule has 6 heteroatoms. The van der Waals surface area contributed by atoms with E-state index < -0.39 is 5.54 Å². The molecule has 0 radical (unpaired) electrons. The summed E-state index contributed by atoms with van der Waals surface area (Å²) in [5.74, 6) is 0.344. The van der Waals surface area contributed by atoms with E-state index in [1.165, 1.54) is 0 Å². The lowest BCUT2D eigenvalue weighted by molar-refractivity contribution is -0.222. The molecule has 2 aliphatic rings. The van der Waals surface area contributed by atoms with Gasteiger partial charge in [0.1, 0.15) is 5.54 Å². The second-order valence-corrected chi connectivity index (χ2v) is 6.02. The van der Waals surface area contributed by atoms with Crippen LogP contribution in [-0.4, -0.2) is 34.1 Å².